The topological polar surface area (TPSA) is 74.7 Å². The maximum Gasteiger partial charge on any atom is 0.141 e. The number of oxime groups is 1. The van der Waals surface area contributed by atoms with Gasteiger partial charge in [-0.05, 0) is 19.1 Å². The predicted molar refractivity (Wildman–Crippen MR) is 60.1 cm³/mol. The Balaban J connectivity index is 2.70. The Morgan fingerprint density at radius 1 is 1.69 bits per heavy atom. The van der Waals surface area contributed by atoms with Gasteiger partial charge in [-0.3, -0.25) is 0 Å². The molecule has 0 aromatic carbocycles. The first kappa shape index (κ1) is 12.2. The van der Waals surface area contributed by atoms with Crippen LogP contribution >= 0.6 is 0 Å². The van der Waals surface area contributed by atoms with E-state index in [1.807, 2.05) is 18.9 Å². The molecule has 16 heavy (non-hydrogen) atoms. The monoisotopic (exact) mass is 226 g/mol. The Hall–Kier alpha value is -1.85. The van der Waals surface area contributed by atoms with Gasteiger partial charge in [0.2, 0.25) is 0 Å². The van der Waals surface area contributed by atoms with Gasteiger partial charge in [-0.15, -0.1) is 0 Å². The maximum atomic E-state index is 12.7. The van der Waals surface area contributed by atoms with E-state index in [0.717, 1.165) is 6.20 Å². The summed E-state index contributed by atoms with van der Waals surface area (Å²) in [5.74, 6) is 0.419. The Bertz CT molecular complexity index is 366. The van der Waals surface area contributed by atoms with Crippen LogP contribution in [0.1, 0.15) is 13.3 Å². The zero-order valence-electron chi connectivity index (χ0n) is 9.26. The highest BCUT2D eigenvalue weighted by atomic mass is 19.1. The summed E-state index contributed by atoms with van der Waals surface area (Å²) >= 11 is 0. The van der Waals surface area contributed by atoms with Crippen molar-refractivity contribution < 1.29 is 9.60 Å². The lowest BCUT2D eigenvalue weighted by Crippen LogP contribution is -2.33. The molecule has 0 spiro atoms. The molecule has 3 N–H and O–H groups in total. The first-order valence-electron chi connectivity index (χ1n) is 4.85. The van der Waals surface area contributed by atoms with Gasteiger partial charge in [0.05, 0.1) is 6.20 Å². The minimum atomic E-state index is -0.374. The van der Waals surface area contributed by atoms with E-state index < -0.39 is 0 Å². The molecule has 88 valence electrons. The molecule has 1 unspecified atom stereocenters. The molecule has 0 aliphatic heterocycles. The van der Waals surface area contributed by atoms with Crippen LogP contribution in [0.15, 0.2) is 23.5 Å². The van der Waals surface area contributed by atoms with Gasteiger partial charge in [0.15, 0.2) is 0 Å². The van der Waals surface area contributed by atoms with Gasteiger partial charge in [-0.1, -0.05) is 5.16 Å². The van der Waals surface area contributed by atoms with E-state index in [0.29, 0.717) is 12.2 Å². The Labute approximate surface area is 93.4 Å². The summed E-state index contributed by atoms with van der Waals surface area (Å²) in [5, 5.41) is 11.4. The van der Waals surface area contributed by atoms with Crippen LogP contribution < -0.4 is 10.6 Å². The van der Waals surface area contributed by atoms with Gasteiger partial charge in [0.25, 0.3) is 0 Å². The second kappa shape index (κ2) is 5.29. The van der Waals surface area contributed by atoms with E-state index in [2.05, 4.69) is 10.1 Å². The van der Waals surface area contributed by atoms with Gasteiger partial charge < -0.3 is 15.8 Å². The first-order valence-corrected chi connectivity index (χ1v) is 4.85. The van der Waals surface area contributed by atoms with Crippen LogP contribution in [0.2, 0.25) is 0 Å². The largest absolute Gasteiger partial charge is 0.409 e. The molecule has 0 amide bonds. The second-order valence-electron chi connectivity index (χ2n) is 3.59. The molecular weight excluding hydrogens is 211 g/mol. The molecule has 0 saturated carbocycles. The van der Waals surface area contributed by atoms with Gasteiger partial charge in [0.1, 0.15) is 17.5 Å². The summed E-state index contributed by atoms with van der Waals surface area (Å²) in [6.45, 7) is 1.91. The van der Waals surface area contributed by atoms with E-state index in [9.17, 15) is 4.39 Å². The SMILES string of the molecule is CC(CC(N)=NO)N(C)c1ccc(F)cn1. The Morgan fingerprint density at radius 3 is 2.88 bits per heavy atom. The molecule has 1 heterocycles. The summed E-state index contributed by atoms with van der Waals surface area (Å²) < 4.78 is 12.7. The van der Waals surface area contributed by atoms with E-state index >= 15 is 0 Å². The van der Waals surface area contributed by atoms with Crippen molar-refractivity contribution in [3.63, 3.8) is 0 Å². The number of anilines is 1. The van der Waals surface area contributed by atoms with Crippen molar-refractivity contribution in [2.24, 2.45) is 10.9 Å². The predicted octanol–water partition coefficient (Wildman–Crippen LogP) is 1.18. The minimum absolute atomic E-state index is 0.00820. The van der Waals surface area contributed by atoms with Crippen molar-refractivity contribution in [3.05, 3.63) is 24.1 Å². The van der Waals surface area contributed by atoms with E-state index in [4.69, 9.17) is 10.9 Å². The third-order valence-electron chi connectivity index (χ3n) is 2.37. The van der Waals surface area contributed by atoms with Crippen LogP contribution in [0.3, 0.4) is 0 Å². The van der Waals surface area contributed by atoms with Crippen molar-refractivity contribution in [1.82, 2.24) is 4.98 Å². The fourth-order valence-electron chi connectivity index (χ4n) is 1.28. The third kappa shape index (κ3) is 3.08. The molecule has 1 aromatic rings. The van der Waals surface area contributed by atoms with E-state index in [-0.39, 0.29) is 17.7 Å². The van der Waals surface area contributed by atoms with Gasteiger partial charge >= 0.3 is 0 Å². The molecule has 1 aromatic heterocycles. The van der Waals surface area contributed by atoms with Crippen LogP contribution in [0, 0.1) is 5.82 Å². The number of nitrogens with zero attached hydrogens (tertiary/aromatic N) is 3. The van der Waals surface area contributed by atoms with Crippen LogP contribution in [-0.2, 0) is 0 Å². The lowest BCUT2D eigenvalue weighted by Gasteiger charge is -2.25. The normalized spacial score (nSPS) is 13.6. The fraction of sp³-hybridized carbons (Fsp3) is 0.400. The number of amidine groups is 1. The number of aromatic nitrogens is 1. The molecule has 0 aliphatic rings. The molecular formula is C10H15FN4O. The smallest absolute Gasteiger partial charge is 0.141 e. The lowest BCUT2D eigenvalue weighted by atomic mass is 10.2. The standard InChI is InChI=1S/C10H15FN4O/c1-7(5-9(12)14-16)15(2)10-4-3-8(11)6-13-10/h3-4,6-7,16H,5H2,1-2H3,(H2,12,14). The van der Waals surface area contributed by atoms with E-state index in [1.165, 1.54) is 6.07 Å². The molecule has 5 nitrogen and oxygen atoms in total. The number of pyridine rings is 1. The van der Waals surface area contributed by atoms with Crippen LogP contribution in [0.4, 0.5) is 10.2 Å². The quantitative estimate of drug-likeness (QED) is 0.350. The summed E-state index contributed by atoms with van der Waals surface area (Å²) in [6.07, 6.45) is 1.56. The average molecular weight is 226 g/mol. The highest BCUT2D eigenvalue weighted by molar-refractivity contribution is 5.80. The van der Waals surface area contributed by atoms with Crippen LogP contribution in [-0.4, -0.2) is 29.1 Å². The van der Waals surface area contributed by atoms with Crippen LogP contribution in [0.25, 0.3) is 0 Å². The highest BCUT2D eigenvalue weighted by Crippen LogP contribution is 2.13. The van der Waals surface area contributed by atoms with Crippen molar-refractivity contribution in [2.75, 3.05) is 11.9 Å². The number of nitrogens with two attached hydrogens (primary N) is 1. The summed E-state index contributed by atoms with van der Waals surface area (Å²) in [6, 6.07) is 2.93. The summed E-state index contributed by atoms with van der Waals surface area (Å²) in [7, 11) is 1.82. The molecule has 1 rings (SSSR count). The second-order valence-corrected chi connectivity index (χ2v) is 3.59. The number of hydrogen-bond acceptors (Lipinski definition) is 4. The molecule has 0 aliphatic carbocycles. The Morgan fingerprint density at radius 2 is 2.38 bits per heavy atom. The van der Waals surface area contributed by atoms with Gasteiger partial charge in [-0.25, -0.2) is 9.37 Å². The van der Waals surface area contributed by atoms with Crippen LogP contribution in [0.5, 0.6) is 0 Å². The van der Waals surface area contributed by atoms with Gasteiger partial charge in [0, 0.05) is 19.5 Å². The van der Waals surface area contributed by atoms with Gasteiger partial charge in [-0.2, -0.15) is 0 Å². The zero-order valence-corrected chi connectivity index (χ0v) is 9.26. The number of rotatable bonds is 4. The summed E-state index contributed by atoms with van der Waals surface area (Å²) in [5.41, 5.74) is 5.41. The molecule has 0 fully saturated rings. The maximum absolute atomic E-state index is 12.7. The molecule has 0 bridgehead atoms. The molecule has 0 radical (unpaired) electrons. The highest BCUT2D eigenvalue weighted by Gasteiger charge is 2.12. The molecule has 1 atom stereocenters. The zero-order chi connectivity index (χ0) is 12.1. The fourth-order valence-corrected chi connectivity index (χ4v) is 1.28. The first-order chi connectivity index (χ1) is 7.54. The van der Waals surface area contributed by atoms with Crippen molar-refractivity contribution in [1.29, 1.82) is 0 Å². The minimum Gasteiger partial charge on any atom is -0.409 e. The summed E-state index contributed by atoms with van der Waals surface area (Å²) in [4.78, 5) is 5.77. The average Bonchev–Trinajstić information content (AvgIpc) is 2.28. The Kier molecular flexibility index (Phi) is 4.04. The van der Waals surface area contributed by atoms with Crippen molar-refractivity contribution >= 4 is 11.7 Å². The lowest BCUT2D eigenvalue weighted by molar-refractivity contribution is 0.316. The van der Waals surface area contributed by atoms with Crippen molar-refractivity contribution in [3.8, 4) is 0 Å². The molecule has 6 heteroatoms. The van der Waals surface area contributed by atoms with E-state index in [1.54, 1.807) is 6.07 Å². The molecule has 0 saturated heterocycles. The van der Waals surface area contributed by atoms with Crippen molar-refractivity contribution in [2.45, 2.75) is 19.4 Å². The number of halogens is 1. The number of hydrogen-bond donors (Lipinski definition) is 2. The third-order valence-corrected chi connectivity index (χ3v) is 2.37.